The fourth-order valence-corrected chi connectivity index (χ4v) is 1.48. The monoisotopic (exact) mass is 214 g/mol. The van der Waals surface area contributed by atoms with Gasteiger partial charge in [0, 0.05) is 18.5 Å². The topological polar surface area (TPSA) is 62.2 Å². The van der Waals surface area contributed by atoms with Crippen LogP contribution >= 0.6 is 11.3 Å². The Bertz CT molecular complexity index is 312. The summed E-state index contributed by atoms with van der Waals surface area (Å²) in [6.45, 7) is 4.28. The Kier molecular flexibility index (Phi) is 4.03. The zero-order chi connectivity index (χ0) is 10.6. The first-order valence-corrected chi connectivity index (χ1v) is 5.32. The zero-order valence-electron chi connectivity index (χ0n) is 8.28. The normalized spacial score (nSPS) is 12.5. The molecule has 0 saturated carbocycles. The molecule has 0 bridgehead atoms. The van der Waals surface area contributed by atoms with Crippen molar-refractivity contribution in [2.75, 3.05) is 13.2 Å². The lowest BCUT2D eigenvalue weighted by Crippen LogP contribution is -2.29. The molecule has 78 valence electrons. The van der Waals surface area contributed by atoms with E-state index in [0.29, 0.717) is 12.2 Å². The second-order valence-corrected chi connectivity index (χ2v) is 4.31. The van der Waals surface area contributed by atoms with Crippen LogP contribution in [0.5, 0.6) is 0 Å². The number of amides is 1. The molecule has 2 N–H and O–H groups in total. The average Bonchev–Trinajstić information content (AvgIpc) is 2.60. The van der Waals surface area contributed by atoms with Crippen molar-refractivity contribution in [1.82, 2.24) is 10.3 Å². The summed E-state index contributed by atoms with van der Waals surface area (Å²) >= 11 is 1.45. The Morgan fingerprint density at radius 3 is 3.00 bits per heavy atom. The van der Waals surface area contributed by atoms with Gasteiger partial charge < -0.3 is 10.4 Å². The van der Waals surface area contributed by atoms with Crippen LogP contribution in [-0.4, -0.2) is 29.1 Å². The number of aliphatic hydroxyl groups excluding tert-OH is 1. The molecule has 1 atom stereocenters. The minimum atomic E-state index is -0.172. The van der Waals surface area contributed by atoms with E-state index >= 15 is 0 Å². The van der Waals surface area contributed by atoms with Crippen LogP contribution in [0.25, 0.3) is 0 Å². The molecular formula is C9H14N2O2S. The lowest BCUT2D eigenvalue weighted by molar-refractivity contribution is 0.0938. The largest absolute Gasteiger partial charge is 0.396 e. The van der Waals surface area contributed by atoms with Gasteiger partial charge >= 0.3 is 0 Å². The summed E-state index contributed by atoms with van der Waals surface area (Å²) in [7, 11) is 0. The van der Waals surface area contributed by atoms with Crippen LogP contribution in [0.15, 0.2) is 5.38 Å². The Morgan fingerprint density at radius 1 is 1.79 bits per heavy atom. The number of rotatable bonds is 4. The fraction of sp³-hybridized carbons (Fsp3) is 0.556. The van der Waals surface area contributed by atoms with Gasteiger partial charge in [-0.2, -0.15) is 0 Å². The second-order valence-electron chi connectivity index (χ2n) is 3.25. The van der Waals surface area contributed by atoms with E-state index in [1.165, 1.54) is 11.3 Å². The van der Waals surface area contributed by atoms with Crippen molar-refractivity contribution in [1.29, 1.82) is 0 Å². The van der Waals surface area contributed by atoms with E-state index in [-0.39, 0.29) is 18.4 Å². The number of aliphatic hydroxyl groups is 1. The van der Waals surface area contributed by atoms with E-state index in [9.17, 15) is 4.79 Å². The smallest absolute Gasteiger partial charge is 0.270 e. The van der Waals surface area contributed by atoms with Crippen LogP contribution in [0.4, 0.5) is 0 Å². The predicted molar refractivity (Wildman–Crippen MR) is 55.4 cm³/mol. The first kappa shape index (κ1) is 11.1. The minimum absolute atomic E-state index is 0.0797. The van der Waals surface area contributed by atoms with Crippen molar-refractivity contribution in [2.24, 2.45) is 5.92 Å². The van der Waals surface area contributed by atoms with Crippen molar-refractivity contribution in [3.63, 3.8) is 0 Å². The average molecular weight is 214 g/mol. The summed E-state index contributed by atoms with van der Waals surface area (Å²) < 4.78 is 0. The molecule has 0 spiro atoms. The number of nitrogens with one attached hydrogen (secondary N) is 1. The van der Waals surface area contributed by atoms with E-state index in [0.717, 1.165) is 5.01 Å². The lowest BCUT2D eigenvalue weighted by Gasteiger charge is -2.07. The summed E-state index contributed by atoms with van der Waals surface area (Å²) in [5, 5.41) is 14.1. The molecule has 14 heavy (non-hydrogen) atoms. The third-order valence-corrected chi connectivity index (χ3v) is 2.55. The number of hydrogen-bond donors (Lipinski definition) is 2. The molecule has 0 saturated heterocycles. The van der Waals surface area contributed by atoms with Crippen LogP contribution in [0.1, 0.15) is 22.4 Å². The molecule has 0 aromatic carbocycles. The van der Waals surface area contributed by atoms with Gasteiger partial charge in [0.05, 0.1) is 5.01 Å². The number of thiazole rings is 1. The molecule has 0 fully saturated rings. The highest BCUT2D eigenvalue weighted by molar-refractivity contribution is 7.09. The van der Waals surface area contributed by atoms with Crippen LogP contribution in [0, 0.1) is 12.8 Å². The molecule has 4 nitrogen and oxygen atoms in total. The van der Waals surface area contributed by atoms with Crippen LogP contribution in [0.2, 0.25) is 0 Å². The SMILES string of the molecule is Cc1nc(C(=O)NCC(C)CO)cs1. The molecule has 1 aromatic heterocycles. The molecule has 0 aliphatic carbocycles. The van der Waals surface area contributed by atoms with Gasteiger partial charge in [-0.15, -0.1) is 11.3 Å². The van der Waals surface area contributed by atoms with E-state index in [4.69, 9.17) is 5.11 Å². The minimum Gasteiger partial charge on any atom is -0.396 e. The number of aromatic nitrogens is 1. The van der Waals surface area contributed by atoms with E-state index in [1.807, 2.05) is 13.8 Å². The van der Waals surface area contributed by atoms with Crippen LogP contribution < -0.4 is 5.32 Å². The van der Waals surface area contributed by atoms with Gasteiger partial charge in [0.1, 0.15) is 5.69 Å². The molecule has 5 heteroatoms. The first-order chi connectivity index (χ1) is 6.63. The lowest BCUT2D eigenvalue weighted by atomic mass is 10.2. The first-order valence-electron chi connectivity index (χ1n) is 4.44. The Balaban J connectivity index is 2.43. The maximum Gasteiger partial charge on any atom is 0.270 e. The molecule has 1 aromatic rings. The molecule has 1 heterocycles. The number of hydrogen-bond acceptors (Lipinski definition) is 4. The summed E-state index contributed by atoms with van der Waals surface area (Å²) in [5.41, 5.74) is 0.456. The van der Waals surface area contributed by atoms with Gasteiger partial charge in [-0.1, -0.05) is 6.92 Å². The molecule has 1 amide bonds. The summed E-state index contributed by atoms with van der Waals surface area (Å²) in [6.07, 6.45) is 0. The zero-order valence-corrected chi connectivity index (χ0v) is 9.10. The van der Waals surface area contributed by atoms with Gasteiger partial charge in [0.15, 0.2) is 0 Å². The summed E-state index contributed by atoms with van der Waals surface area (Å²) in [6, 6.07) is 0. The molecule has 0 aliphatic heterocycles. The van der Waals surface area contributed by atoms with Crippen molar-refractivity contribution in [3.8, 4) is 0 Å². The van der Waals surface area contributed by atoms with E-state index in [2.05, 4.69) is 10.3 Å². The molecular weight excluding hydrogens is 200 g/mol. The number of carbonyl (C=O) groups excluding carboxylic acids is 1. The second kappa shape index (κ2) is 5.07. The Hall–Kier alpha value is -0.940. The third-order valence-electron chi connectivity index (χ3n) is 1.77. The Labute approximate surface area is 87.0 Å². The molecule has 0 aliphatic rings. The van der Waals surface area contributed by atoms with E-state index in [1.54, 1.807) is 5.38 Å². The van der Waals surface area contributed by atoms with Crippen molar-refractivity contribution < 1.29 is 9.90 Å². The maximum absolute atomic E-state index is 11.4. The van der Waals surface area contributed by atoms with E-state index < -0.39 is 0 Å². The van der Waals surface area contributed by atoms with Gasteiger partial charge in [-0.05, 0) is 12.8 Å². The molecule has 1 rings (SSSR count). The standard InChI is InChI=1S/C9H14N2O2S/c1-6(4-12)3-10-9(13)8-5-14-7(2)11-8/h5-6,12H,3-4H2,1-2H3,(H,10,13). The highest BCUT2D eigenvalue weighted by Gasteiger charge is 2.09. The molecule has 1 unspecified atom stereocenters. The fourth-order valence-electron chi connectivity index (χ4n) is 0.890. The number of carbonyl (C=O) groups is 1. The van der Waals surface area contributed by atoms with Gasteiger partial charge in [-0.3, -0.25) is 4.79 Å². The van der Waals surface area contributed by atoms with Crippen molar-refractivity contribution >= 4 is 17.2 Å². The predicted octanol–water partition coefficient (Wildman–Crippen LogP) is 0.810. The number of nitrogens with zero attached hydrogens (tertiary/aromatic N) is 1. The third kappa shape index (κ3) is 3.08. The Morgan fingerprint density at radius 2 is 2.50 bits per heavy atom. The summed E-state index contributed by atoms with van der Waals surface area (Å²) in [5.74, 6) is -0.0895. The molecule has 0 radical (unpaired) electrons. The van der Waals surface area contributed by atoms with Crippen LogP contribution in [0.3, 0.4) is 0 Å². The highest BCUT2D eigenvalue weighted by atomic mass is 32.1. The van der Waals surface area contributed by atoms with Crippen molar-refractivity contribution in [2.45, 2.75) is 13.8 Å². The quantitative estimate of drug-likeness (QED) is 0.779. The maximum atomic E-state index is 11.4. The van der Waals surface area contributed by atoms with Gasteiger partial charge in [-0.25, -0.2) is 4.98 Å². The van der Waals surface area contributed by atoms with Gasteiger partial charge in [0.25, 0.3) is 5.91 Å². The summed E-state index contributed by atoms with van der Waals surface area (Å²) in [4.78, 5) is 15.5. The van der Waals surface area contributed by atoms with Crippen LogP contribution in [-0.2, 0) is 0 Å². The highest BCUT2D eigenvalue weighted by Crippen LogP contribution is 2.07. The van der Waals surface area contributed by atoms with Crippen molar-refractivity contribution in [3.05, 3.63) is 16.1 Å². The van der Waals surface area contributed by atoms with Gasteiger partial charge in [0.2, 0.25) is 0 Å². The number of aryl methyl sites for hydroxylation is 1.